The SMILES string of the molecule is O=C(O)/C(Cl)=C(Cl)\C=N\Nc1ccccc1. The molecule has 0 aromatic heterocycles. The van der Waals surface area contributed by atoms with Crippen molar-refractivity contribution in [2.75, 3.05) is 5.43 Å². The molecule has 6 heteroatoms. The van der Waals surface area contributed by atoms with Crippen molar-refractivity contribution in [3.05, 3.63) is 40.4 Å². The number of hydrogen-bond acceptors (Lipinski definition) is 3. The molecule has 0 aliphatic heterocycles. The second-order valence-electron chi connectivity index (χ2n) is 2.70. The summed E-state index contributed by atoms with van der Waals surface area (Å²) in [7, 11) is 0. The fourth-order valence-corrected chi connectivity index (χ4v) is 1.01. The second kappa shape index (κ2) is 6.15. The number of carboxylic acid groups (broad SMARTS) is 1. The molecule has 16 heavy (non-hydrogen) atoms. The smallest absolute Gasteiger partial charge is 0.348 e. The van der Waals surface area contributed by atoms with Crippen LogP contribution >= 0.6 is 23.2 Å². The number of benzene rings is 1. The largest absolute Gasteiger partial charge is 0.477 e. The van der Waals surface area contributed by atoms with E-state index in [0.717, 1.165) is 11.9 Å². The van der Waals surface area contributed by atoms with Crippen LogP contribution < -0.4 is 5.43 Å². The van der Waals surface area contributed by atoms with Gasteiger partial charge in [-0.1, -0.05) is 41.4 Å². The number of rotatable bonds is 4. The summed E-state index contributed by atoms with van der Waals surface area (Å²) in [5.74, 6) is -1.29. The van der Waals surface area contributed by atoms with Gasteiger partial charge in [0.15, 0.2) is 0 Å². The Bertz CT molecular complexity index is 430. The first-order valence-corrected chi connectivity index (χ1v) is 4.99. The summed E-state index contributed by atoms with van der Waals surface area (Å²) in [6.07, 6.45) is 1.13. The third kappa shape index (κ3) is 3.92. The maximum atomic E-state index is 10.4. The molecule has 1 aromatic rings. The van der Waals surface area contributed by atoms with Crippen molar-refractivity contribution in [1.82, 2.24) is 0 Å². The average Bonchev–Trinajstić information content (AvgIpc) is 2.29. The second-order valence-corrected chi connectivity index (χ2v) is 3.49. The summed E-state index contributed by atoms with van der Waals surface area (Å²) in [5, 5.41) is 11.6. The Morgan fingerprint density at radius 3 is 2.50 bits per heavy atom. The summed E-state index contributed by atoms with van der Waals surface area (Å²) in [4.78, 5) is 10.4. The van der Waals surface area contributed by atoms with E-state index < -0.39 is 11.0 Å². The van der Waals surface area contributed by atoms with Crippen LogP contribution in [0.1, 0.15) is 0 Å². The fraction of sp³-hybridized carbons (Fsp3) is 0. The normalized spacial score (nSPS) is 12.4. The monoisotopic (exact) mass is 258 g/mol. The van der Waals surface area contributed by atoms with E-state index in [9.17, 15) is 4.79 Å². The highest BCUT2D eigenvalue weighted by atomic mass is 35.5. The molecule has 1 rings (SSSR count). The van der Waals surface area contributed by atoms with Crippen LogP contribution in [0.15, 0.2) is 45.5 Å². The van der Waals surface area contributed by atoms with Crippen LogP contribution in [-0.2, 0) is 4.79 Å². The van der Waals surface area contributed by atoms with Gasteiger partial charge < -0.3 is 5.11 Å². The van der Waals surface area contributed by atoms with Crippen LogP contribution in [0, 0.1) is 0 Å². The van der Waals surface area contributed by atoms with Crippen molar-refractivity contribution in [2.24, 2.45) is 5.10 Å². The minimum atomic E-state index is -1.29. The van der Waals surface area contributed by atoms with Crippen LogP contribution in [0.4, 0.5) is 5.69 Å². The van der Waals surface area contributed by atoms with Crippen molar-refractivity contribution in [3.63, 3.8) is 0 Å². The molecule has 4 nitrogen and oxygen atoms in total. The lowest BCUT2D eigenvalue weighted by molar-refractivity contribution is -0.131. The lowest BCUT2D eigenvalue weighted by Gasteiger charge is -1.98. The van der Waals surface area contributed by atoms with E-state index in [1.165, 1.54) is 0 Å². The molecule has 0 radical (unpaired) electrons. The fourth-order valence-electron chi connectivity index (χ4n) is 0.835. The summed E-state index contributed by atoms with van der Waals surface area (Å²) < 4.78 is 0. The van der Waals surface area contributed by atoms with Crippen LogP contribution in [-0.4, -0.2) is 17.3 Å². The Labute approximate surface area is 102 Å². The van der Waals surface area contributed by atoms with Gasteiger partial charge in [-0.25, -0.2) is 4.79 Å². The van der Waals surface area contributed by atoms with E-state index in [2.05, 4.69) is 10.5 Å². The Morgan fingerprint density at radius 2 is 1.94 bits per heavy atom. The van der Waals surface area contributed by atoms with Crippen LogP contribution in [0.2, 0.25) is 0 Å². The number of halogens is 2. The van der Waals surface area contributed by atoms with Gasteiger partial charge in [0.05, 0.1) is 16.9 Å². The number of aliphatic carboxylic acids is 1. The van der Waals surface area contributed by atoms with Crippen molar-refractivity contribution in [2.45, 2.75) is 0 Å². The van der Waals surface area contributed by atoms with Gasteiger partial charge in [0.25, 0.3) is 0 Å². The Hall–Kier alpha value is -1.52. The van der Waals surface area contributed by atoms with Crippen molar-refractivity contribution in [1.29, 1.82) is 0 Å². The van der Waals surface area contributed by atoms with Crippen LogP contribution in [0.3, 0.4) is 0 Å². The molecule has 0 saturated heterocycles. The molecular weight excluding hydrogens is 251 g/mol. The molecule has 0 fully saturated rings. The summed E-state index contributed by atoms with van der Waals surface area (Å²) >= 11 is 10.9. The third-order valence-electron chi connectivity index (χ3n) is 1.54. The molecular formula is C10H8Cl2N2O2. The summed E-state index contributed by atoms with van der Waals surface area (Å²) in [5.41, 5.74) is 3.43. The van der Waals surface area contributed by atoms with E-state index in [-0.39, 0.29) is 5.03 Å². The van der Waals surface area contributed by atoms with Gasteiger partial charge in [-0.2, -0.15) is 5.10 Å². The van der Waals surface area contributed by atoms with E-state index in [4.69, 9.17) is 28.3 Å². The number of anilines is 1. The minimum absolute atomic E-state index is 0.141. The maximum Gasteiger partial charge on any atom is 0.348 e. The van der Waals surface area contributed by atoms with Crippen molar-refractivity contribution in [3.8, 4) is 0 Å². The highest BCUT2D eigenvalue weighted by Crippen LogP contribution is 2.12. The summed E-state index contributed by atoms with van der Waals surface area (Å²) in [6, 6.07) is 9.13. The van der Waals surface area contributed by atoms with Gasteiger partial charge in [0.2, 0.25) is 0 Å². The van der Waals surface area contributed by atoms with Crippen molar-refractivity contribution >= 4 is 41.1 Å². The molecule has 0 aliphatic rings. The highest BCUT2D eigenvalue weighted by Gasteiger charge is 2.07. The zero-order valence-electron chi connectivity index (χ0n) is 8.02. The average molecular weight is 259 g/mol. The Balaban J connectivity index is 2.63. The van der Waals surface area contributed by atoms with E-state index in [1.807, 2.05) is 18.2 Å². The molecule has 0 atom stereocenters. The van der Waals surface area contributed by atoms with Gasteiger partial charge in [-0.3, -0.25) is 5.43 Å². The lowest BCUT2D eigenvalue weighted by Crippen LogP contribution is -1.97. The molecule has 0 saturated carbocycles. The number of carboxylic acids is 1. The Morgan fingerprint density at radius 1 is 1.31 bits per heavy atom. The van der Waals surface area contributed by atoms with Gasteiger partial charge in [0, 0.05) is 0 Å². The topological polar surface area (TPSA) is 61.7 Å². The van der Waals surface area contributed by atoms with Gasteiger partial charge in [-0.15, -0.1) is 0 Å². The first-order valence-electron chi connectivity index (χ1n) is 4.24. The lowest BCUT2D eigenvalue weighted by atomic mass is 10.3. The molecule has 0 bridgehead atoms. The number of para-hydroxylation sites is 1. The number of hydrazone groups is 1. The minimum Gasteiger partial charge on any atom is -0.477 e. The first-order chi connectivity index (χ1) is 7.61. The molecule has 0 spiro atoms. The molecule has 0 unspecified atom stereocenters. The van der Waals surface area contributed by atoms with Gasteiger partial charge in [0.1, 0.15) is 5.03 Å². The number of hydrogen-bond donors (Lipinski definition) is 2. The van der Waals surface area contributed by atoms with Crippen LogP contribution in [0.25, 0.3) is 0 Å². The molecule has 0 heterocycles. The molecule has 2 N–H and O–H groups in total. The Kier molecular flexibility index (Phi) is 4.82. The molecule has 1 aromatic carbocycles. The zero-order valence-corrected chi connectivity index (χ0v) is 9.53. The standard InChI is InChI=1S/C10H8Cl2N2O2/c11-8(9(12)10(15)16)6-13-14-7-4-2-1-3-5-7/h1-6,14H,(H,15,16)/b9-8-,13-6+. The van der Waals surface area contributed by atoms with E-state index >= 15 is 0 Å². The van der Waals surface area contributed by atoms with Gasteiger partial charge in [-0.05, 0) is 12.1 Å². The number of carbonyl (C=O) groups is 1. The molecule has 0 aliphatic carbocycles. The number of nitrogens with one attached hydrogen (secondary N) is 1. The molecule has 0 amide bonds. The predicted molar refractivity (Wildman–Crippen MR) is 64.9 cm³/mol. The molecule has 84 valence electrons. The number of allylic oxidation sites excluding steroid dienone is 1. The quantitative estimate of drug-likeness (QED) is 0.496. The summed E-state index contributed by atoms with van der Waals surface area (Å²) in [6.45, 7) is 0. The van der Waals surface area contributed by atoms with Crippen LogP contribution in [0.5, 0.6) is 0 Å². The third-order valence-corrected chi connectivity index (χ3v) is 2.29. The first kappa shape index (κ1) is 12.5. The highest BCUT2D eigenvalue weighted by molar-refractivity contribution is 6.51. The number of nitrogens with zero attached hydrogens (tertiary/aromatic N) is 1. The van der Waals surface area contributed by atoms with Gasteiger partial charge >= 0.3 is 5.97 Å². The van der Waals surface area contributed by atoms with Crippen molar-refractivity contribution < 1.29 is 9.90 Å². The van der Waals surface area contributed by atoms with E-state index in [0.29, 0.717) is 0 Å². The zero-order chi connectivity index (χ0) is 12.0. The predicted octanol–water partition coefficient (Wildman–Crippen LogP) is 2.86. The maximum absolute atomic E-state index is 10.4. The van der Waals surface area contributed by atoms with E-state index in [1.54, 1.807) is 12.1 Å².